The van der Waals surface area contributed by atoms with Gasteiger partial charge in [-0.1, -0.05) is 19.3 Å². The van der Waals surface area contributed by atoms with Crippen molar-refractivity contribution in [3.8, 4) is 0 Å². The van der Waals surface area contributed by atoms with E-state index in [2.05, 4.69) is 10.2 Å². The van der Waals surface area contributed by atoms with Gasteiger partial charge in [0.1, 0.15) is 5.69 Å². The van der Waals surface area contributed by atoms with Crippen LogP contribution in [0.3, 0.4) is 0 Å². The number of hydrogen-bond donors (Lipinski definition) is 2. The molecule has 1 fully saturated rings. The molecule has 2 rings (SSSR count). The van der Waals surface area contributed by atoms with E-state index in [0.29, 0.717) is 31.3 Å². The molecule has 0 saturated heterocycles. The van der Waals surface area contributed by atoms with Crippen LogP contribution in [0.5, 0.6) is 0 Å². The zero-order valence-corrected chi connectivity index (χ0v) is 12.7. The van der Waals surface area contributed by atoms with Gasteiger partial charge in [-0.25, -0.2) is 0 Å². The summed E-state index contributed by atoms with van der Waals surface area (Å²) in [5.41, 5.74) is 1.49. The maximum Gasteiger partial charge on any atom is 0.274 e. The lowest BCUT2D eigenvalue weighted by molar-refractivity contribution is 0.0651. The van der Waals surface area contributed by atoms with Gasteiger partial charge in [0.15, 0.2) is 0 Å². The Morgan fingerprint density at radius 2 is 2.19 bits per heavy atom. The second-order valence-electron chi connectivity index (χ2n) is 5.55. The van der Waals surface area contributed by atoms with Gasteiger partial charge in [0.25, 0.3) is 5.91 Å². The number of ether oxygens (including phenoxy) is 1. The Kier molecular flexibility index (Phi) is 6.20. The fraction of sp³-hybridized carbons (Fsp3) is 0.733. The predicted molar refractivity (Wildman–Crippen MR) is 79.3 cm³/mol. The van der Waals surface area contributed by atoms with Gasteiger partial charge in [-0.05, 0) is 18.9 Å². The van der Waals surface area contributed by atoms with Crippen LogP contribution >= 0.6 is 0 Å². The smallest absolute Gasteiger partial charge is 0.274 e. The molecule has 1 saturated carbocycles. The van der Waals surface area contributed by atoms with Gasteiger partial charge < -0.3 is 14.7 Å². The first-order valence-electron chi connectivity index (χ1n) is 7.70. The third kappa shape index (κ3) is 4.28. The van der Waals surface area contributed by atoms with Crippen molar-refractivity contribution in [2.45, 2.75) is 38.0 Å². The zero-order chi connectivity index (χ0) is 15.1. The van der Waals surface area contributed by atoms with Gasteiger partial charge in [-0.2, -0.15) is 5.10 Å². The van der Waals surface area contributed by atoms with Crippen molar-refractivity contribution in [1.29, 1.82) is 0 Å². The molecule has 6 heteroatoms. The maximum atomic E-state index is 12.4. The number of methoxy groups -OCH3 is 1. The molecule has 0 atom stereocenters. The maximum absolute atomic E-state index is 12.4. The van der Waals surface area contributed by atoms with E-state index in [9.17, 15) is 4.79 Å². The second kappa shape index (κ2) is 8.14. The molecule has 1 aromatic heterocycles. The van der Waals surface area contributed by atoms with Crippen molar-refractivity contribution in [3.63, 3.8) is 0 Å². The average Bonchev–Trinajstić information content (AvgIpc) is 3.01. The topological polar surface area (TPSA) is 78.5 Å². The molecule has 1 heterocycles. The molecule has 0 aromatic carbocycles. The number of hydrogen-bond acceptors (Lipinski definition) is 4. The number of aromatic amines is 1. The van der Waals surface area contributed by atoms with Crippen LogP contribution in [0.25, 0.3) is 0 Å². The fourth-order valence-corrected chi connectivity index (χ4v) is 2.87. The highest BCUT2D eigenvalue weighted by Gasteiger charge is 2.22. The quantitative estimate of drug-likeness (QED) is 0.800. The molecule has 1 amide bonds. The van der Waals surface area contributed by atoms with Gasteiger partial charge in [0.05, 0.1) is 13.2 Å². The highest BCUT2D eigenvalue weighted by molar-refractivity contribution is 5.92. The van der Waals surface area contributed by atoms with Crippen LogP contribution in [0, 0.1) is 0 Å². The average molecular weight is 295 g/mol. The highest BCUT2D eigenvalue weighted by Crippen LogP contribution is 2.31. The molecule has 0 spiro atoms. The molecule has 0 radical (unpaired) electrons. The molecule has 2 N–H and O–H groups in total. The summed E-state index contributed by atoms with van der Waals surface area (Å²) >= 11 is 0. The van der Waals surface area contributed by atoms with Crippen molar-refractivity contribution in [2.24, 2.45) is 0 Å². The number of nitrogens with one attached hydrogen (secondary N) is 1. The molecule has 1 aromatic rings. The van der Waals surface area contributed by atoms with Crippen LogP contribution in [0.4, 0.5) is 0 Å². The molecule has 118 valence electrons. The number of H-pyrrole nitrogens is 1. The minimum atomic E-state index is -0.153. The van der Waals surface area contributed by atoms with E-state index in [1.165, 1.54) is 32.1 Å². The summed E-state index contributed by atoms with van der Waals surface area (Å²) < 4.78 is 5.00. The number of nitrogens with zero attached hydrogens (tertiary/aromatic N) is 2. The monoisotopic (exact) mass is 295 g/mol. The van der Waals surface area contributed by atoms with E-state index < -0.39 is 0 Å². The lowest BCUT2D eigenvalue weighted by Gasteiger charge is -2.20. The van der Waals surface area contributed by atoms with Crippen molar-refractivity contribution in [1.82, 2.24) is 15.1 Å². The molecule has 0 aliphatic heterocycles. The molecule has 1 aliphatic carbocycles. The molecular formula is C15H25N3O3. The molecule has 1 aliphatic rings. The van der Waals surface area contributed by atoms with E-state index in [0.717, 1.165) is 5.69 Å². The summed E-state index contributed by atoms with van der Waals surface area (Å²) in [7, 11) is 1.59. The van der Waals surface area contributed by atoms with Crippen LogP contribution in [-0.4, -0.2) is 59.5 Å². The Balaban J connectivity index is 2.01. The van der Waals surface area contributed by atoms with Crippen LogP contribution in [0.1, 0.15) is 54.2 Å². The number of amides is 1. The number of aliphatic hydroxyl groups excluding tert-OH is 1. The van der Waals surface area contributed by atoms with E-state index in [1.54, 1.807) is 12.0 Å². The summed E-state index contributed by atoms with van der Waals surface area (Å²) in [6.07, 6.45) is 6.13. The standard InChI is InChI=1S/C15H25N3O3/c1-21-10-8-18(7-9-19)15(20)14-11-13(16-17-14)12-5-3-2-4-6-12/h11-12,19H,2-10H2,1H3,(H,16,17). The zero-order valence-electron chi connectivity index (χ0n) is 12.7. The van der Waals surface area contributed by atoms with E-state index >= 15 is 0 Å². The van der Waals surface area contributed by atoms with Crippen molar-refractivity contribution in [2.75, 3.05) is 33.4 Å². The summed E-state index contributed by atoms with van der Waals surface area (Å²) in [4.78, 5) is 14.0. The van der Waals surface area contributed by atoms with Crippen LogP contribution in [0.15, 0.2) is 6.07 Å². The largest absolute Gasteiger partial charge is 0.395 e. The molecule has 21 heavy (non-hydrogen) atoms. The van der Waals surface area contributed by atoms with E-state index in [-0.39, 0.29) is 12.5 Å². The number of aromatic nitrogens is 2. The van der Waals surface area contributed by atoms with Crippen LogP contribution in [-0.2, 0) is 4.74 Å². The van der Waals surface area contributed by atoms with Gasteiger partial charge in [-0.3, -0.25) is 9.89 Å². The van der Waals surface area contributed by atoms with Crippen LogP contribution < -0.4 is 0 Å². The Labute approximate surface area is 125 Å². The third-order valence-electron chi connectivity index (χ3n) is 4.08. The Bertz CT molecular complexity index is 441. The summed E-state index contributed by atoms with van der Waals surface area (Å²) in [6.45, 7) is 1.15. The van der Waals surface area contributed by atoms with E-state index in [1.807, 2.05) is 6.07 Å². The molecular weight excluding hydrogens is 270 g/mol. The van der Waals surface area contributed by atoms with Gasteiger partial charge >= 0.3 is 0 Å². The van der Waals surface area contributed by atoms with Crippen molar-refractivity contribution >= 4 is 5.91 Å². The number of aliphatic hydroxyl groups is 1. The first-order valence-corrected chi connectivity index (χ1v) is 7.70. The molecule has 0 unspecified atom stereocenters. The number of carbonyl (C=O) groups excluding carboxylic acids is 1. The van der Waals surface area contributed by atoms with E-state index in [4.69, 9.17) is 9.84 Å². The minimum absolute atomic E-state index is 0.0602. The number of carbonyl (C=O) groups is 1. The Hall–Kier alpha value is -1.40. The van der Waals surface area contributed by atoms with Crippen LogP contribution in [0.2, 0.25) is 0 Å². The fourth-order valence-electron chi connectivity index (χ4n) is 2.87. The predicted octanol–water partition coefficient (Wildman–Crippen LogP) is 1.54. The van der Waals surface area contributed by atoms with Crippen molar-refractivity contribution in [3.05, 3.63) is 17.5 Å². The number of rotatable bonds is 7. The second-order valence-corrected chi connectivity index (χ2v) is 5.55. The first-order chi connectivity index (χ1) is 10.3. The summed E-state index contributed by atoms with van der Waals surface area (Å²) in [5.74, 6) is 0.345. The summed E-state index contributed by atoms with van der Waals surface area (Å²) in [5, 5.41) is 16.3. The Morgan fingerprint density at radius 1 is 1.43 bits per heavy atom. The molecule has 0 bridgehead atoms. The van der Waals surface area contributed by atoms with Gasteiger partial charge in [0.2, 0.25) is 0 Å². The van der Waals surface area contributed by atoms with Gasteiger partial charge in [-0.15, -0.1) is 0 Å². The highest BCUT2D eigenvalue weighted by atomic mass is 16.5. The lowest BCUT2D eigenvalue weighted by atomic mass is 9.87. The first kappa shape index (κ1) is 16.0. The summed E-state index contributed by atoms with van der Waals surface area (Å²) in [6, 6.07) is 1.87. The third-order valence-corrected chi connectivity index (χ3v) is 4.08. The minimum Gasteiger partial charge on any atom is -0.395 e. The van der Waals surface area contributed by atoms with Gasteiger partial charge in [0, 0.05) is 31.8 Å². The molecule has 6 nitrogen and oxygen atoms in total. The lowest BCUT2D eigenvalue weighted by Crippen LogP contribution is -2.36. The Morgan fingerprint density at radius 3 is 2.86 bits per heavy atom. The normalized spacial score (nSPS) is 16.1. The van der Waals surface area contributed by atoms with Crippen molar-refractivity contribution < 1.29 is 14.6 Å². The SMILES string of the molecule is COCCN(CCO)C(=O)c1cc(C2CCCCC2)[nH]n1.